The number of thioether (sulfide) groups is 1. The van der Waals surface area contributed by atoms with E-state index >= 15 is 0 Å². The maximum absolute atomic E-state index is 11.7. The molecule has 8 heteroatoms. The van der Waals surface area contributed by atoms with E-state index in [0.29, 0.717) is 21.5 Å². The van der Waals surface area contributed by atoms with E-state index < -0.39 is 5.97 Å². The summed E-state index contributed by atoms with van der Waals surface area (Å²) < 4.78 is 4.90. The van der Waals surface area contributed by atoms with Crippen LogP contribution in [0.25, 0.3) is 11.1 Å². The molecule has 0 heterocycles. The van der Waals surface area contributed by atoms with Crippen LogP contribution < -0.4 is 17.0 Å². The Balaban J connectivity index is 2.07. The molecule has 0 aliphatic heterocycles. The first-order valence-electron chi connectivity index (χ1n) is 7.77. The first-order chi connectivity index (χ1) is 12.5. The molecular formula is C18H19Cl2N3O2S. The van der Waals surface area contributed by atoms with Crippen LogP contribution in [0, 0.1) is 0 Å². The molecule has 0 bridgehead atoms. The molecule has 0 aromatic heterocycles. The van der Waals surface area contributed by atoms with Crippen molar-refractivity contribution in [3.05, 3.63) is 63.9 Å². The molecule has 0 spiro atoms. The molecule has 0 aliphatic carbocycles. The number of benzene rings is 2. The van der Waals surface area contributed by atoms with Gasteiger partial charge < -0.3 is 15.9 Å². The van der Waals surface area contributed by atoms with Gasteiger partial charge in [0, 0.05) is 10.6 Å². The van der Waals surface area contributed by atoms with Crippen molar-refractivity contribution in [1.82, 2.24) is 5.43 Å². The van der Waals surface area contributed by atoms with Gasteiger partial charge in [0.2, 0.25) is 0 Å². The van der Waals surface area contributed by atoms with Crippen molar-refractivity contribution < 1.29 is 9.53 Å². The number of rotatable bonds is 7. The molecule has 5 nitrogen and oxygen atoms in total. The smallest absolute Gasteiger partial charge is 0.357 e. The van der Waals surface area contributed by atoms with Crippen LogP contribution in [-0.4, -0.2) is 18.3 Å². The highest BCUT2D eigenvalue weighted by molar-refractivity contribution is 7.99. The van der Waals surface area contributed by atoms with Crippen molar-refractivity contribution in [3.8, 4) is 11.1 Å². The van der Waals surface area contributed by atoms with E-state index in [2.05, 4.69) is 5.43 Å². The second-order valence-electron chi connectivity index (χ2n) is 5.21. The predicted octanol–water partition coefficient (Wildman–Crippen LogP) is 3.95. The quantitative estimate of drug-likeness (QED) is 0.210. The Bertz CT molecular complexity index is 811. The molecule has 0 unspecified atom stereocenters. The van der Waals surface area contributed by atoms with Gasteiger partial charge in [-0.05, 0) is 42.3 Å². The molecule has 0 atom stereocenters. The van der Waals surface area contributed by atoms with Gasteiger partial charge in [0.25, 0.3) is 0 Å². The monoisotopic (exact) mass is 411 g/mol. The van der Waals surface area contributed by atoms with Crippen LogP contribution in [0.1, 0.15) is 6.92 Å². The first-order valence-corrected chi connectivity index (χ1v) is 9.51. The third-order valence-electron chi connectivity index (χ3n) is 3.45. The summed E-state index contributed by atoms with van der Waals surface area (Å²) in [6, 6.07) is 13.4. The summed E-state index contributed by atoms with van der Waals surface area (Å²) in [5.41, 5.74) is 10.7. The van der Waals surface area contributed by atoms with Gasteiger partial charge in [0.1, 0.15) is 0 Å². The molecule has 5 N–H and O–H groups in total. The van der Waals surface area contributed by atoms with Crippen LogP contribution >= 0.6 is 35.0 Å². The molecule has 0 saturated heterocycles. The van der Waals surface area contributed by atoms with Gasteiger partial charge in [-0.2, -0.15) is 0 Å². The van der Waals surface area contributed by atoms with Crippen LogP contribution in [0.3, 0.4) is 0 Å². The lowest BCUT2D eigenvalue weighted by atomic mass is 10.1. The van der Waals surface area contributed by atoms with Crippen molar-refractivity contribution >= 4 is 40.9 Å². The number of esters is 1. The number of carbonyl (C=O) groups is 1. The second kappa shape index (κ2) is 9.73. The second-order valence-corrected chi connectivity index (χ2v) is 7.07. The standard InChI is InChI=1S/C18H19Cl2N3O2S/c1-2-25-18(24)17(23-22)16(21)10-26-13-6-3-11(4-7-13)12-5-8-14(19)15(20)9-12/h3-9,23H,2,10,21-22H2,1H3/b17-16-. The zero-order valence-electron chi connectivity index (χ0n) is 14.1. The molecule has 138 valence electrons. The lowest BCUT2D eigenvalue weighted by molar-refractivity contribution is -0.139. The number of hydrogen-bond acceptors (Lipinski definition) is 6. The van der Waals surface area contributed by atoms with Gasteiger partial charge in [-0.1, -0.05) is 41.4 Å². The maximum Gasteiger partial charge on any atom is 0.357 e. The highest BCUT2D eigenvalue weighted by atomic mass is 35.5. The Morgan fingerprint density at radius 1 is 1.12 bits per heavy atom. The van der Waals surface area contributed by atoms with Gasteiger partial charge in [-0.15, -0.1) is 11.8 Å². The molecule has 2 aromatic rings. The van der Waals surface area contributed by atoms with Gasteiger partial charge >= 0.3 is 5.97 Å². The third-order valence-corrected chi connectivity index (χ3v) is 5.25. The molecule has 2 aromatic carbocycles. The average molecular weight is 412 g/mol. The molecule has 26 heavy (non-hydrogen) atoms. The zero-order valence-corrected chi connectivity index (χ0v) is 16.4. The van der Waals surface area contributed by atoms with Crippen LogP contribution in [0.4, 0.5) is 0 Å². The molecular weight excluding hydrogens is 393 g/mol. The third kappa shape index (κ3) is 5.32. The van der Waals surface area contributed by atoms with Crippen LogP contribution in [-0.2, 0) is 9.53 Å². The number of nitrogens with two attached hydrogens (primary N) is 2. The van der Waals surface area contributed by atoms with Gasteiger partial charge in [-0.3, -0.25) is 5.84 Å². The van der Waals surface area contributed by atoms with Crippen LogP contribution in [0.5, 0.6) is 0 Å². The summed E-state index contributed by atoms with van der Waals surface area (Å²) in [6.45, 7) is 1.97. The van der Waals surface area contributed by atoms with Crippen molar-refractivity contribution in [2.75, 3.05) is 12.4 Å². The molecule has 0 saturated carbocycles. The predicted molar refractivity (Wildman–Crippen MR) is 108 cm³/mol. The fourth-order valence-electron chi connectivity index (χ4n) is 2.14. The summed E-state index contributed by atoms with van der Waals surface area (Å²) >= 11 is 13.5. The fraction of sp³-hybridized carbons (Fsp3) is 0.167. The normalized spacial score (nSPS) is 11.7. The number of ether oxygens (including phenoxy) is 1. The number of hydrazine groups is 1. The Hall–Kier alpha value is -1.86. The van der Waals surface area contributed by atoms with E-state index in [9.17, 15) is 4.79 Å². The summed E-state index contributed by atoms with van der Waals surface area (Å²) in [6.07, 6.45) is 0. The van der Waals surface area contributed by atoms with Crippen LogP contribution in [0.2, 0.25) is 10.0 Å². The lowest BCUT2D eigenvalue weighted by Gasteiger charge is -2.10. The average Bonchev–Trinajstić information content (AvgIpc) is 2.63. The van der Waals surface area contributed by atoms with Crippen molar-refractivity contribution in [3.63, 3.8) is 0 Å². The number of hydrogen-bond donors (Lipinski definition) is 3. The number of nitrogens with one attached hydrogen (secondary N) is 1. The van der Waals surface area contributed by atoms with E-state index in [1.807, 2.05) is 36.4 Å². The molecule has 0 radical (unpaired) electrons. The minimum absolute atomic E-state index is 0.0757. The van der Waals surface area contributed by atoms with Crippen molar-refractivity contribution in [1.29, 1.82) is 0 Å². The van der Waals surface area contributed by atoms with Crippen molar-refractivity contribution in [2.24, 2.45) is 11.6 Å². The summed E-state index contributed by atoms with van der Waals surface area (Å²) in [4.78, 5) is 12.7. The lowest BCUT2D eigenvalue weighted by Crippen LogP contribution is -2.32. The topological polar surface area (TPSA) is 90.4 Å². The van der Waals surface area contributed by atoms with E-state index in [4.69, 9.17) is 39.5 Å². The summed E-state index contributed by atoms with van der Waals surface area (Å²) in [5.74, 6) is 5.19. The first kappa shape index (κ1) is 20.5. The zero-order chi connectivity index (χ0) is 19.1. The van der Waals surface area contributed by atoms with Gasteiger partial charge in [0.15, 0.2) is 5.70 Å². The highest BCUT2D eigenvalue weighted by Gasteiger charge is 2.14. The van der Waals surface area contributed by atoms with E-state index in [-0.39, 0.29) is 12.3 Å². The minimum Gasteiger partial charge on any atom is -0.461 e. The highest BCUT2D eigenvalue weighted by Crippen LogP contribution is 2.30. The molecule has 0 aliphatic rings. The Morgan fingerprint density at radius 3 is 2.35 bits per heavy atom. The summed E-state index contributed by atoms with van der Waals surface area (Å²) in [7, 11) is 0. The van der Waals surface area contributed by atoms with Gasteiger partial charge in [0.05, 0.1) is 22.3 Å². The minimum atomic E-state index is -0.567. The molecule has 0 amide bonds. The molecule has 2 rings (SSSR count). The SMILES string of the molecule is CCOC(=O)/C(NN)=C(/N)CSc1ccc(-c2ccc(Cl)c(Cl)c2)cc1. The fourth-order valence-corrected chi connectivity index (χ4v) is 3.23. The maximum atomic E-state index is 11.7. The number of carbonyl (C=O) groups excluding carboxylic acids is 1. The van der Waals surface area contributed by atoms with E-state index in [1.54, 1.807) is 13.0 Å². The largest absolute Gasteiger partial charge is 0.461 e. The number of halogens is 2. The van der Waals surface area contributed by atoms with Crippen LogP contribution in [0.15, 0.2) is 58.8 Å². The van der Waals surface area contributed by atoms with Gasteiger partial charge in [-0.25, -0.2) is 4.79 Å². The Kier molecular flexibility index (Phi) is 7.66. The summed E-state index contributed by atoms with van der Waals surface area (Å²) in [5, 5.41) is 1.04. The van der Waals surface area contributed by atoms with E-state index in [1.165, 1.54) is 11.8 Å². The van der Waals surface area contributed by atoms with Crippen molar-refractivity contribution in [2.45, 2.75) is 11.8 Å². The Morgan fingerprint density at radius 2 is 1.77 bits per heavy atom. The molecule has 0 fully saturated rings. The van der Waals surface area contributed by atoms with E-state index in [0.717, 1.165) is 16.0 Å². The Labute approximate surface area is 166 Å².